The van der Waals surface area contributed by atoms with Crippen molar-refractivity contribution in [2.75, 3.05) is 12.9 Å². The Labute approximate surface area is 139 Å². The fourth-order valence-electron chi connectivity index (χ4n) is 1.58. The zero-order valence-corrected chi connectivity index (χ0v) is 14.0. The highest BCUT2D eigenvalue weighted by molar-refractivity contribution is 8.14. The van der Waals surface area contributed by atoms with Crippen LogP contribution in [-0.4, -0.2) is 35.8 Å². The fourth-order valence-corrected chi connectivity index (χ4v) is 2.48. The lowest BCUT2D eigenvalue weighted by atomic mass is 10.1. The summed E-state index contributed by atoms with van der Waals surface area (Å²) in [4.78, 5) is 37.8. The Hall–Kier alpha value is -2.41. The summed E-state index contributed by atoms with van der Waals surface area (Å²) in [6.07, 6.45) is 1.69. The lowest BCUT2D eigenvalue weighted by molar-refractivity contribution is -0.135. The number of rotatable bonds is 4. The Morgan fingerprint density at radius 3 is 2.39 bits per heavy atom. The van der Waals surface area contributed by atoms with E-state index >= 15 is 0 Å². The summed E-state index contributed by atoms with van der Waals surface area (Å²) in [5.74, 6) is -1.06. The number of nitrogens with zero attached hydrogens (tertiary/aromatic N) is 1. The van der Waals surface area contributed by atoms with Gasteiger partial charge in [-0.1, -0.05) is 42.1 Å². The molecular weight excluding hydrogens is 316 g/mol. The van der Waals surface area contributed by atoms with Crippen molar-refractivity contribution in [2.45, 2.75) is 13.8 Å². The van der Waals surface area contributed by atoms with Gasteiger partial charge in [-0.25, -0.2) is 4.79 Å². The van der Waals surface area contributed by atoms with Crippen molar-refractivity contribution in [3.8, 4) is 0 Å². The zero-order chi connectivity index (χ0) is 17.2. The van der Waals surface area contributed by atoms with E-state index in [1.807, 2.05) is 30.3 Å². The predicted octanol–water partition coefficient (Wildman–Crippen LogP) is 2.01. The second-order valence-electron chi connectivity index (χ2n) is 4.48. The van der Waals surface area contributed by atoms with Gasteiger partial charge in [-0.3, -0.25) is 9.59 Å². The van der Waals surface area contributed by atoms with Gasteiger partial charge in [0.2, 0.25) is 11.8 Å². The summed E-state index contributed by atoms with van der Waals surface area (Å²) in [6.45, 7) is 2.60. The zero-order valence-electron chi connectivity index (χ0n) is 13.2. The van der Waals surface area contributed by atoms with Crippen molar-refractivity contribution in [2.24, 2.45) is 4.99 Å². The number of methoxy groups -OCH3 is 1. The van der Waals surface area contributed by atoms with Crippen LogP contribution in [0, 0.1) is 0 Å². The van der Waals surface area contributed by atoms with Gasteiger partial charge in [-0.2, -0.15) is 4.99 Å². The Morgan fingerprint density at radius 1 is 1.22 bits per heavy atom. The number of esters is 1. The minimum atomic E-state index is -0.480. The molecule has 0 fully saturated rings. The molecule has 0 saturated heterocycles. The molecule has 122 valence electrons. The van der Waals surface area contributed by atoms with E-state index in [1.54, 1.807) is 6.08 Å². The van der Waals surface area contributed by atoms with Gasteiger partial charge in [0.1, 0.15) is 0 Å². The molecule has 0 unspecified atom stereocenters. The molecule has 0 bridgehead atoms. The minimum absolute atomic E-state index is 0.146. The van der Waals surface area contributed by atoms with Crippen molar-refractivity contribution in [3.63, 3.8) is 0 Å². The molecule has 0 spiro atoms. The van der Waals surface area contributed by atoms with Crippen LogP contribution >= 0.6 is 11.8 Å². The average molecular weight is 334 g/mol. The van der Waals surface area contributed by atoms with Gasteiger partial charge in [0.05, 0.1) is 7.11 Å². The topological polar surface area (TPSA) is 84.8 Å². The van der Waals surface area contributed by atoms with Crippen LogP contribution in [0.3, 0.4) is 0 Å². The molecule has 1 N–H and O–H groups in total. The second-order valence-corrected chi connectivity index (χ2v) is 5.44. The number of aliphatic imine (C=N–C) groups is 1. The fraction of sp³-hybridized carbons (Fsp3) is 0.250. The summed E-state index contributed by atoms with van der Waals surface area (Å²) in [5, 5.41) is 2.61. The quantitative estimate of drug-likeness (QED) is 0.394. The monoisotopic (exact) mass is 334 g/mol. The van der Waals surface area contributed by atoms with E-state index < -0.39 is 11.9 Å². The first-order valence-electron chi connectivity index (χ1n) is 6.76. The lowest BCUT2D eigenvalue weighted by Gasteiger charge is -2.08. The third-order valence-electron chi connectivity index (χ3n) is 2.49. The number of hydrogen-bond donors (Lipinski definition) is 1. The van der Waals surface area contributed by atoms with E-state index in [2.05, 4.69) is 10.3 Å². The molecule has 6 nitrogen and oxygen atoms in total. The molecule has 0 aromatic heterocycles. The largest absolute Gasteiger partial charge is 0.466 e. The van der Waals surface area contributed by atoms with Crippen LogP contribution in [0.15, 0.2) is 40.9 Å². The molecule has 1 aromatic carbocycles. The number of nitrogens with one attached hydrogen (secondary N) is 1. The molecule has 23 heavy (non-hydrogen) atoms. The van der Waals surface area contributed by atoms with Crippen molar-refractivity contribution in [1.82, 2.24) is 5.32 Å². The first kappa shape index (κ1) is 18.6. The summed E-state index contributed by atoms with van der Waals surface area (Å²) >= 11 is 1.08. The first-order valence-corrected chi connectivity index (χ1v) is 7.74. The number of benzene rings is 1. The number of carbonyl (C=O) groups is 3. The van der Waals surface area contributed by atoms with E-state index in [-0.39, 0.29) is 16.8 Å². The highest BCUT2D eigenvalue weighted by atomic mass is 32.2. The molecule has 1 aromatic rings. The number of carbonyl (C=O) groups excluding carboxylic acids is 3. The van der Waals surface area contributed by atoms with E-state index in [0.717, 1.165) is 17.3 Å². The van der Waals surface area contributed by atoms with E-state index in [9.17, 15) is 14.4 Å². The molecule has 0 saturated carbocycles. The molecule has 0 aliphatic carbocycles. The summed E-state index contributed by atoms with van der Waals surface area (Å²) in [6, 6.07) is 9.29. The second kappa shape index (κ2) is 9.58. The van der Waals surface area contributed by atoms with Gasteiger partial charge in [-0.15, -0.1) is 0 Å². The lowest BCUT2D eigenvalue weighted by Crippen LogP contribution is -2.27. The third-order valence-corrected chi connectivity index (χ3v) is 3.42. The van der Waals surface area contributed by atoms with Gasteiger partial charge in [-0.05, 0) is 11.6 Å². The first-order chi connectivity index (χ1) is 10.9. The standard InChI is InChI=1S/C16H18N2O4S/c1-11(19)17-16(18-12(2)20)23-10-14(15(21)22-3)9-13-7-5-4-6-8-13/h4-9H,10H2,1-3H3,(H,17,18,19,20)/b14-9+. The minimum Gasteiger partial charge on any atom is -0.466 e. The van der Waals surface area contributed by atoms with Gasteiger partial charge in [0.15, 0.2) is 5.17 Å². The van der Waals surface area contributed by atoms with Crippen molar-refractivity contribution < 1.29 is 19.1 Å². The van der Waals surface area contributed by atoms with Crippen LogP contribution in [0.4, 0.5) is 0 Å². The predicted molar refractivity (Wildman–Crippen MR) is 90.8 cm³/mol. The third kappa shape index (κ3) is 7.42. The molecule has 0 aliphatic rings. The maximum atomic E-state index is 11.9. The molecule has 0 heterocycles. The summed E-state index contributed by atoms with van der Waals surface area (Å²) < 4.78 is 4.76. The summed E-state index contributed by atoms with van der Waals surface area (Å²) in [5.41, 5.74) is 1.24. The van der Waals surface area contributed by atoms with E-state index in [4.69, 9.17) is 4.74 Å². The molecule has 0 radical (unpaired) electrons. The maximum Gasteiger partial charge on any atom is 0.334 e. The van der Waals surface area contributed by atoms with Gasteiger partial charge < -0.3 is 10.1 Å². The van der Waals surface area contributed by atoms with Crippen LogP contribution < -0.4 is 5.32 Å². The van der Waals surface area contributed by atoms with E-state index in [1.165, 1.54) is 21.0 Å². The smallest absolute Gasteiger partial charge is 0.334 e. The van der Waals surface area contributed by atoms with Gasteiger partial charge in [0.25, 0.3) is 0 Å². The van der Waals surface area contributed by atoms with E-state index in [0.29, 0.717) is 5.57 Å². The number of ether oxygens (including phenoxy) is 1. The van der Waals surface area contributed by atoms with Crippen molar-refractivity contribution in [1.29, 1.82) is 0 Å². The van der Waals surface area contributed by atoms with Crippen LogP contribution in [-0.2, 0) is 19.1 Å². The number of amides is 2. The highest BCUT2D eigenvalue weighted by Gasteiger charge is 2.13. The van der Waals surface area contributed by atoms with Crippen molar-refractivity contribution >= 4 is 40.8 Å². The number of hydrogen-bond acceptors (Lipinski definition) is 5. The Bertz CT molecular complexity index is 639. The van der Waals surface area contributed by atoms with Crippen LogP contribution in [0.1, 0.15) is 19.4 Å². The average Bonchev–Trinajstić information content (AvgIpc) is 2.50. The molecular formula is C16H18N2O4S. The number of amidine groups is 1. The molecule has 0 atom stereocenters. The van der Waals surface area contributed by atoms with Gasteiger partial charge >= 0.3 is 5.97 Å². The van der Waals surface area contributed by atoms with Crippen LogP contribution in [0.25, 0.3) is 6.08 Å². The van der Waals surface area contributed by atoms with Crippen molar-refractivity contribution in [3.05, 3.63) is 41.5 Å². The molecule has 7 heteroatoms. The molecule has 2 amide bonds. The maximum absolute atomic E-state index is 11.9. The Balaban J connectivity index is 2.93. The normalized spacial score (nSPS) is 11.8. The molecule has 1 rings (SSSR count). The Morgan fingerprint density at radius 2 is 1.87 bits per heavy atom. The van der Waals surface area contributed by atoms with Crippen LogP contribution in [0.5, 0.6) is 0 Å². The summed E-state index contributed by atoms with van der Waals surface area (Å²) in [7, 11) is 1.30. The molecule has 0 aliphatic heterocycles. The van der Waals surface area contributed by atoms with Gasteiger partial charge in [0, 0.05) is 25.2 Å². The van der Waals surface area contributed by atoms with Crippen LogP contribution in [0.2, 0.25) is 0 Å². The number of thioether (sulfide) groups is 1. The Kier molecular flexibility index (Phi) is 7.76. The SMILES string of the molecule is COC(=O)/C(=C/c1ccccc1)CSC(=NC(C)=O)NC(C)=O. The highest BCUT2D eigenvalue weighted by Crippen LogP contribution is 2.15.